The fourth-order valence-electron chi connectivity index (χ4n) is 2.66. The molecule has 0 amide bonds. The molecule has 1 atom stereocenters. The standard InChI is InChI=1S/C17H27NO2.C2H6.CH4/c1-15-9-11-16(12-10-15)7-3-5-13-18(19-2)17-8-4-6-14-20-17;1-2;/h9-12,17H,3-8,13-14H2,1-2H3;1-2H3;1H4. The fraction of sp³-hybridized carbons (Fsp3) is 0.700. The maximum Gasteiger partial charge on any atom is 0.133 e. The van der Waals surface area contributed by atoms with Crippen LogP contribution in [0.2, 0.25) is 0 Å². The molecule has 0 saturated carbocycles. The van der Waals surface area contributed by atoms with Gasteiger partial charge in [0.25, 0.3) is 0 Å². The molecule has 1 fully saturated rings. The van der Waals surface area contributed by atoms with Gasteiger partial charge in [0.05, 0.1) is 7.11 Å². The molecule has 0 bridgehead atoms. The molecule has 0 aromatic heterocycles. The van der Waals surface area contributed by atoms with Crippen LogP contribution in [0.1, 0.15) is 64.5 Å². The quantitative estimate of drug-likeness (QED) is 0.497. The summed E-state index contributed by atoms with van der Waals surface area (Å²) in [5, 5.41) is 2.01. The Morgan fingerprint density at radius 1 is 1.13 bits per heavy atom. The number of ether oxygens (including phenoxy) is 1. The predicted octanol–water partition coefficient (Wildman–Crippen LogP) is 5.37. The second-order valence-electron chi connectivity index (χ2n) is 5.59. The zero-order chi connectivity index (χ0) is 16.2. The van der Waals surface area contributed by atoms with Crippen molar-refractivity contribution in [1.82, 2.24) is 5.06 Å². The largest absolute Gasteiger partial charge is 0.361 e. The third-order valence-corrected chi connectivity index (χ3v) is 3.93. The van der Waals surface area contributed by atoms with E-state index in [0.29, 0.717) is 0 Å². The first-order valence-corrected chi connectivity index (χ1v) is 8.77. The normalized spacial score (nSPS) is 17.2. The van der Waals surface area contributed by atoms with Crippen molar-refractivity contribution >= 4 is 0 Å². The highest BCUT2D eigenvalue weighted by Gasteiger charge is 2.21. The average molecular weight is 324 g/mol. The van der Waals surface area contributed by atoms with Gasteiger partial charge in [0, 0.05) is 13.2 Å². The summed E-state index contributed by atoms with van der Waals surface area (Å²) < 4.78 is 5.76. The molecule has 0 N–H and O–H groups in total. The zero-order valence-electron chi connectivity index (χ0n) is 14.8. The van der Waals surface area contributed by atoms with Crippen molar-refractivity contribution < 1.29 is 9.57 Å². The molecule has 23 heavy (non-hydrogen) atoms. The summed E-state index contributed by atoms with van der Waals surface area (Å²) in [6.45, 7) is 7.95. The molecule has 1 aromatic carbocycles. The first-order chi connectivity index (χ1) is 10.8. The molecule has 0 aliphatic carbocycles. The van der Waals surface area contributed by atoms with Crippen LogP contribution >= 0.6 is 0 Å². The summed E-state index contributed by atoms with van der Waals surface area (Å²) in [7, 11) is 1.75. The molecule has 1 aliphatic heterocycles. The molecule has 0 spiro atoms. The van der Waals surface area contributed by atoms with Crippen molar-refractivity contribution in [2.75, 3.05) is 20.3 Å². The van der Waals surface area contributed by atoms with Crippen LogP contribution in [0, 0.1) is 6.92 Å². The average Bonchev–Trinajstić information content (AvgIpc) is 2.59. The maximum absolute atomic E-state index is 5.76. The number of rotatable bonds is 7. The second kappa shape index (κ2) is 13.5. The number of unbranched alkanes of at least 4 members (excludes halogenated alkanes) is 1. The molecule has 1 aliphatic rings. The number of aryl methyl sites for hydroxylation is 2. The molecular formula is C20H37NO2. The van der Waals surface area contributed by atoms with Crippen LogP contribution < -0.4 is 0 Å². The molecule has 2 rings (SSSR count). The molecule has 134 valence electrons. The van der Waals surface area contributed by atoms with Crippen molar-refractivity contribution in [3.8, 4) is 0 Å². The summed E-state index contributed by atoms with van der Waals surface area (Å²) in [4.78, 5) is 5.47. The van der Waals surface area contributed by atoms with Gasteiger partial charge in [-0.2, -0.15) is 5.06 Å². The van der Waals surface area contributed by atoms with Crippen molar-refractivity contribution in [1.29, 1.82) is 0 Å². The Hall–Kier alpha value is -0.900. The van der Waals surface area contributed by atoms with Crippen LogP contribution in [-0.4, -0.2) is 31.6 Å². The van der Waals surface area contributed by atoms with Crippen LogP contribution in [0.5, 0.6) is 0 Å². The van der Waals surface area contributed by atoms with Gasteiger partial charge in [-0.25, -0.2) is 0 Å². The van der Waals surface area contributed by atoms with Crippen LogP contribution in [0.25, 0.3) is 0 Å². The highest BCUT2D eigenvalue weighted by molar-refractivity contribution is 5.21. The molecule has 1 saturated heterocycles. The van der Waals surface area contributed by atoms with E-state index in [4.69, 9.17) is 9.57 Å². The lowest BCUT2D eigenvalue weighted by Gasteiger charge is -2.32. The van der Waals surface area contributed by atoms with E-state index >= 15 is 0 Å². The van der Waals surface area contributed by atoms with E-state index in [1.165, 1.54) is 30.4 Å². The number of benzene rings is 1. The topological polar surface area (TPSA) is 21.7 Å². The van der Waals surface area contributed by atoms with E-state index < -0.39 is 0 Å². The van der Waals surface area contributed by atoms with Crippen molar-refractivity contribution in [2.45, 2.75) is 73.0 Å². The van der Waals surface area contributed by atoms with E-state index in [-0.39, 0.29) is 13.7 Å². The van der Waals surface area contributed by atoms with E-state index in [0.717, 1.165) is 32.4 Å². The molecule has 1 heterocycles. The smallest absolute Gasteiger partial charge is 0.133 e. The van der Waals surface area contributed by atoms with Gasteiger partial charge in [-0.05, 0) is 51.0 Å². The Morgan fingerprint density at radius 3 is 2.39 bits per heavy atom. The minimum Gasteiger partial charge on any atom is -0.361 e. The Bertz CT molecular complexity index is 372. The van der Waals surface area contributed by atoms with E-state index in [1.807, 2.05) is 18.9 Å². The van der Waals surface area contributed by atoms with Gasteiger partial charge in [-0.1, -0.05) is 51.1 Å². The van der Waals surface area contributed by atoms with Gasteiger partial charge in [0.1, 0.15) is 6.23 Å². The first kappa shape index (κ1) is 22.1. The summed E-state index contributed by atoms with van der Waals surface area (Å²) in [6.07, 6.45) is 7.15. The van der Waals surface area contributed by atoms with Gasteiger partial charge in [0.15, 0.2) is 0 Å². The minimum absolute atomic E-state index is 0. The van der Waals surface area contributed by atoms with Gasteiger partial charge in [-0.15, -0.1) is 0 Å². The maximum atomic E-state index is 5.76. The van der Waals surface area contributed by atoms with E-state index in [2.05, 4.69) is 31.2 Å². The highest BCUT2D eigenvalue weighted by Crippen LogP contribution is 2.17. The van der Waals surface area contributed by atoms with Crippen LogP contribution in [0.3, 0.4) is 0 Å². The van der Waals surface area contributed by atoms with E-state index in [9.17, 15) is 0 Å². The zero-order valence-corrected chi connectivity index (χ0v) is 14.8. The van der Waals surface area contributed by atoms with Crippen molar-refractivity contribution in [2.24, 2.45) is 0 Å². The lowest BCUT2D eigenvalue weighted by Crippen LogP contribution is -2.39. The lowest BCUT2D eigenvalue weighted by atomic mass is 10.1. The molecule has 3 heteroatoms. The molecular weight excluding hydrogens is 286 g/mol. The SMILES string of the molecule is C.CC.CON(CCCCc1ccc(C)cc1)C1CCCCO1. The summed E-state index contributed by atoms with van der Waals surface area (Å²) >= 11 is 0. The first-order valence-electron chi connectivity index (χ1n) is 8.77. The Morgan fingerprint density at radius 2 is 1.83 bits per heavy atom. The summed E-state index contributed by atoms with van der Waals surface area (Å²) in [5.74, 6) is 0. The van der Waals surface area contributed by atoms with Crippen molar-refractivity contribution in [3.05, 3.63) is 35.4 Å². The molecule has 1 unspecified atom stereocenters. The summed E-state index contributed by atoms with van der Waals surface area (Å²) in [6, 6.07) is 8.83. The van der Waals surface area contributed by atoms with Gasteiger partial charge < -0.3 is 4.74 Å². The number of hydroxylamine groups is 2. The number of hydrogen-bond donors (Lipinski definition) is 0. The second-order valence-corrected chi connectivity index (χ2v) is 5.59. The third-order valence-electron chi connectivity index (χ3n) is 3.93. The van der Waals surface area contributed by atoms with Gasteiger partial charge in [-0.3, -0.25) is 4.84 Å². The number of nitrogens with zero attached hydrogens (tertiary/aromatic N) is 1. The van der Waals surface area contributed by atoms with Crippen molar-refractivity contribution in [3.63, 3.8) is 0 Å². The Balaban J connectivity index is 0.00000155. The van der Waals surface area contributed by atoms with Crippen LogP contribution in [-0.2, 0) is 16.0 Å². The minimum atomic E-state index is 0. The van der Waals surface area contributed by atoms with Gasteiger partial charge in [0.2, 0.25) is 0 Å². The Kier molecular flexibility index (Phi) is 13.0. The third kappa shape index (κ3) is 8.50. The Labute approximate surface area is 143 Å². The predicted molar refractivity (Wildman–Crippen MR) is 99.5 cm³/mol. The highest BCUT2D eigenvalue weighted by atomic mass is 16.7. The fourth-order valence-corrected chi connectivity index (χ4v) is 2.66. The number of hydrogen-bond acceptors (Lipinski definition) is 3. The van der Waals surface area contributed by atoms with Crippen LogP contribution in [0.15, 0.2) is 24.3 Å². The van der Waals surface area contributed by atoms with Gasteiger partial charge >= 0.3 is 0 Å². The van der Waals surface area contributed by atoms with Crippen LogP contribution in [0.4, 0.5) is 0 Å². The molecule has 3 nitrogen and oxygen atoms in total. The van der Waals surface area contributed by atoms with E-state index in [1.54, 1.807) is 7.11 Å². The monoisotopic (exact) mass is 323 g/mol. The molecule has 1 aromatic rings. The molecule has 0 radical (unpaired) electrons. The summed E-state index contributed by atoms with van der Waals surface area (Å²) in [5.41, 5.74) is 2.75. The lowest BCUT2D eigenvalue weighted by molar-refractivity contribution is -0.247.